The van der Waals surface area contributed by atoms with E-state index in [1.54, 1.807) is 0 Å². The van der Waals surface area contributed by atoms with Crippen LogP contribution in [0.3, 0.4) is 0 Å². The monoisotopic (exact) mass is 307 g/mol. The van der Waals surface area contributed by atoms with Crippen LogP contribution in [-0.4, -0.2) is 42.7 Å². The highest BCUT2D eigenvalue weighted by molar-refractivity contribution is 7.92. The summed E-state index contributed by atoms with van der Waals surface area (Å²) in [7, 11) is -3.40. The van der Waals surface area contributed by atoms with Crippen molar-refractivity contribution in [2.24, 2.45) is 0 Å². The van der Waals surface area contributed by atoms with Crippen LogP contribution in [0, 0.1) is 0 Å². The van der Waals surface area contributed by atoms with Crippen LogP contribution in [0.2, 0.25) is 0 Å². The largest absolute Gasteiger partial charge is 0.480 e. The molecule has 0 radical (unpaired) electrons. The van der Waals surface area contributed by atoms with Crippen LogP contribution in [0.5, 0.6) is 0 Å². The number of carboxylic acid groups (broad SMARTS) is 1. The molecule has 0 saturated carbocycles. The first kappa shape index (κ1) is 15.4. The molecule has 1 aromatic heterocycles. The lowest BCUT2D eigenvalue weighted by Crippen LogP contribution is -2.39. The van der Waals surface area contributed by atoms with E-state index in [9.17, 15) is 18.0 Å². The second-order valence-corrected chi connectivity index (χ2v) is 6.43. The molecular weight excluding hydrogens is 294 g/mol. The molecule has 1 amide bonds. The number of aliphatic carboxylic acids is 1. The Bertz CT molecular complexity index is 580. The van der Waals surface area contributed by atoms with Crippen LogP contribution >= 0.6 is 11.3 Å². The van der Waals surface area contributed by atoms with Gasteiger partial charge in [0.15, 0.2) is 5.13 Å². The Morgan fingerprint density at radius 2 is 2.16 bits per heavy atom. The third-order valence-corrected chi connectivity index (χ3v) is 3.41. The van der Waals surface area contributed by atoms with Gasteiger partial charge in [0.05, 0.1) is 18.4 Å². The van der Waals surface area contributed by atoms with Crippen LogP contribution in [0.25, 0.3) is 0 Å². The van der Waals surface area contributed by atoms with E-state index in [1.165, 1.54) is 12.3 Å². The fourth-order valence-corrected chi connectivity index (χ4v) is 2.68. The Hall–Kier alpha value is -1.68. The number of carbonyl (C=O) groups is 2. The smallest absolute Gasteiger partial charge is 0.325 e. The molecule has 0 aliphatic rings. The van der Waals surface area contributed by atoms with E-state index in [1.807, 2.05) is 0 Å². The summed E-state index contributed by atoms with van der Waals surface area (Å²) in [6.45, 7) is 1.35. The maximum absolute atomic E-state index is 11.5. The average Bonchev–Trinajstić information content (AvgIpc) is 2.61. The van der Waals surface area contributed by atoms with Crippen molar-refractivity contribution >= 4 is 38.4 Å². The lowest BCUT2D eigenvalue weighted by Gasteiger charge is -2.07. The van der Waals surface area contributed by atoms with E-state index < -0.39 is 27.9 Å². The van der Waals surface area contributed by atoms with Crippen LogP contribution in [0.1, 0.15) is 12.6 Å². The van der Waals surface area contributed by atoms with Gasteiger partial charge in [0, 0.05) is 5.38 Å². The number of aromatic nitrogens is 1. The van der Waals surface area contributed by atoms with E-state index >= 15 is 0 Å². The van der Waals surface area contributed by atoms with Crippen molar-refractivity contribution in [3.63, 3.8) is 0 Å². The van der Waals surface area contributed by atoms with Crippen LogP contribution < -0.4 is 10.0 Å². The number of amides is 1. The molecule has 0 unspecified atom stereocenters. The van der Waals surface area contributed by atoms with Gasteiger partial charge in [0.25, 0.3) is 0 Å². The third-order valence-electron chi connectivity index (χ3n) is 1.91. The zero-order valence-electron chi connectivity index (χ0n) is 10.2. The highest BCUT2D eigenvalue weighted by Gasteiger charge is 2.15. The number of carboxylic acids is 1. The normalized spacial score (nSPS) is 12.7. The minimum absolute atomic E-state index is 0.112. The maximum atomic E-state index is 11.5. The summed E-state index contributed by atoms with van der Waals surface area (Å²) in [5.41, 5.74) is 0.367. The highest BCUT2D eigenvalue weighted by atomic mass is 32.2. The Balaban J connectivity index is 2.59. The molecular formula is C9H13N3O5S2. The predicted octanol–water partition coefficient (Wildman–Crippen LogP) is -0.354. The Labute approximate surface area is 113 Å². The zero-order chi connectivity index (χ0) is 14.6. The standard InChI is InChI=1S/C9H13N3O5S2/c1-5(8(14)15)10-7(13)3-6-4-18-9(11-6)12-19(2,16)17/h4-5H,3H2,1-2H3,(H,10,13)(H,11,12)(H,14,15)/t5-/m1/s1. The second-order valence-electron chi connectivity index (χ2n) is 3.82. The third kappa shape index (κ3) is 5.66. The van der Waals surface area contributed by atoms with Crippen molar-refractivity contribution in [3.8, 4) is 0 Å². The molecule has 0 saturated heterocycles. The van der Waals surface area contributed by atoms with Gasteiger partial charge in [-0.1, -0.05) is 0 Å². The number of sulfonamides is 1. The van der Waals surface area contributed by atoms with Gasteiger partial charge in [-0.05, 0) is 6.92 Å². The van der Waals surface area contributed by atoms with Crippen LogP contribution in [-0.2, 0) is 26.0 Å². The summed E-state index contributed by atoms with van der Waals surface area (Å²) in [6, 6.07) is -0.986. The molecule has 0 aliphatic heterocycles. The van der Waals surface area contributed by atoms with Crippen molar-refractivity contribution in [1.29, 1.82) is 0 Å². The van der Waals surface area contributed by atoms with Gasteiger partial charge in [0.2, 0.25) is 15.9 Å². The first-order chi connectivity index (χ1) is 8.67. The molecule has 106 valence electrons. The second kappa shape index (κ2) is 5.97. The van der Waals surface area contributed by atoms with E-state index in [4.69, 9.17) is 5.11 Å². The molecule has 10 heteroatoms. The molecule has 0 aliphatic carbocycles. The number of anilines is 1. The number of thiazole rings is 1. The summed E-state index contributed by atoms with van der Waals surface area (Å²) >= 11 is 1.05. The first-order valence-corrected chi connectivity index (χ1v) is 7.89. The molecule has 19 heavy (non-hydrogen) atoms. The molecule has 8 nitrogen and oxygen atoms in total. The fraction of sp³-hybridized carbons (Fsp3) is 0.444. The van der Waals surface area contributed by atoms with Crippen molar-refractivity contribution < 1.29 is 23.1 Å². The van der Waals surface area contributed by atoms with E-state index in [0.29, 0.717) is 5.69 Å². The van der Waals surface area contributed by atoms with Gasteiger partial charge < -0.3 is 10.4 Å². The number of hydrogen-bond acceptors (Lipinski definition) is 6. The molecule has 3 N–H and O–H groups in total. The zero-order valence-corrected chi connectivity index (χ0v) is 11.8. The quantitative estimate of drug-likeness (QED) is 0.659. The first-order valence-electron chi connectivity index (χ1n) is 5.12. The van der Waals surface area contributed by atoms with Crippen molar-refractivity contribution in [2.75, 3.05) is 11.0 Å². The number of rotatable bonds is 6. The number of hydrogen-bond donors (Lipinski definition) is 3. The van der Waals surface area contributed by atoms with Gasteiger partial charge in [-0.3, -0.25) is 14.3 Å². The number of nitrogens with one attached hydrogen (secondary N) is 2. The van der Waals surface area contributed by atoms with Gasteiger partial charge in [0.1, 0.15) is 6.04 Å². The Morgan fingerprint density at radius 3 is 2.68 bits per heavy atom. The topological polar surface area (TPSA) is 125 Å². The molecule has 0 aromatic carbocycles. The lowest BCUT2D eigenvalue weighted by atomic mass is 10.3. The van der Waals surface area contributed by atoms with Crippen molar-refractivity contribution in [3.05, 3.63) is 11.1 Å². The van der Waals surface area contributed by atoms with E-state index in [-0.39, 0.29) is 11.6 Å². The average molecular weight is 307 g/mol. The van der Waals surface area contributed by atoms with Gasteiger partial charge in [-0.15, -0.1) is 11.3 Å². The summed E-state index contributed by atoms with van der Waals surface area (Å²) in [4.78, 5) is 25.9. The molecule has 1 aromatic rings. The Kier molecular flexibility index (Phi) is 4.84. The maximum Gasteiger partial charge on any atom is 0.325 e. The molecule has 0 spiro atoms. The van der Waals surface area contributed by atoms with Crippen molar-refractivity contribution in [1.82, 2.24) is 10.3 Å². The summed E-state index contributed by atoms with van der Waals surface area (Å²) in [6.07, 6.45) is 0.884. The predicted molar refractivity (Wildman–Crippen MR) is 69.5 cm³/mol. The van der Waals surface area contributed by atoms with Crippen molar-refractivity contribution in [2.45, 2.75) is 19.4 Å². The van der Waals surface area contributed by atoms with Gasteiger partial charge in [-0.2, -0.15) is 0 Å². The molecule has 1 heterocycles. The molecule has 0 fully saturated rings. The van der Waals surface area contributed by atoms with Gasteiger partial charge in [-0.25, -0.2) is 13.4 Å². The molecule has 1 atom stereocenters. The minimum Gasteiger partial charge on any atom is -0.480 e. The number of carbonyl (C=O) groups excluding carboxylic acids is 1. The number of nitrogens with zero attached hydrogens (tertiary/aromatic N) is 1. The summed E-state index contributed by atoms with van der Waals surface area (Å²) in [5, 5.41) is 12.6. The SMILES string of the molecule is C[C@@H](NC(=O)Cc1csc(NS(C)(=O)=O)n1)C(=O)O. The molecule has 1 rings (SSSR count). The lowest BCUT2D eigenvalue weighted by molar-refractivity contribution is -0.141. The minimum atomic E-state index is -3.40. The highest BCUT2D eigenvalue weighted by Crippen LogP contribution is 2.16. The Morgan fingerprint density at radius 1 is 1.53 bits per heavy atom. The fourth-order valence-electron chi connectivity index (χ4n) is 1.11. The van der Waals surface area contributed by atoms with E-state index in [0.717, 1.165) is 17.6 Å². The van der Waals surface area contributed by atoms with Gasteiger partial charge >= 0.3 is 5.97 Å². The van der Waals surface area contributed by atoms with Crippen LogP contribution in [0.15, 0.2) is 5.38 Å². The summed E-state index contributed by atoms with van der Waals surface area (Å²) < 4.78 is 24.1. The van der Waals surface area contributed by atoms with Crippen LogP contribution in [0.4, 0.5) is 5.13 Å². The summed E-state index contributed by atoms with van der Waals surface area (Å²) in [5.74, 6) is -1.63. The molecule has 0 bridgehead atoms. The van der Waals surface area contributed by atoms with E-state index in [2.05, 4.69) is 15.0 Å².